The van der Waals surface area contributed by atoms with Crippen molar-refractivity contribution in [2.45, 2.75) is 109 Å². The highest BCUT2D eigenvalue weighted by Gasteiger charge is 2.25. The first kappa shape index (κ1) is 31.1. The first-order chi connectivity index (χ1) is 16.8. The van der Waals surface area contributed by atoms with Gasteiger partial charge < -0.3 is 9.47 Å². The molecule has 0 bridgehead atoms. The highest BCUT2D eigenvalue weighted by atomic mass is 32.2. The second-order valence-electron chi connectivity index (χ2n) is 9.07. The summed E-state index contributed by atoms with van der Waals surface area (Å²) in [6, 6.07) is 6.10. The van der Waals surface area contributed by atoms with Crippen LogP contribution in [0, 0.1) is 0 Å². The number of ether oxygens (including phenoxy) is 2. The molecule has 1 atom stereocenters. The second kappa shape index (κ2) is 18.4. The van der Waals surface area contributed by atoms with Gasteiger partial charge >= 0.3 is 11.9 Å². The Morgan fingerprint density at radius 1 is 0.743 bits per heavy atom. The van der Waals surface area contributed by atoms with Crippen LogP contribution < -0.4 is 0 Å². The van der Waals surface area contributed by atoms with Gasteiger partial charge in [-0.15, -0.1) is 0 Å². The number of hydrogen-bond acceptors (Lipinski definition) is 6. The van der Waals surface area contributed by atoms with Crippen molar-refractivity contribution in [3.05, 3.63) is 35.4 Å². The van der Waals surface area contributed by atoms with E-state index in [0.717, 1.165) is 19.3 Å². The van der Waals surface area contributed by atoms with E-state index in [2.05, 4.69) is 6.92 Å². The maximum absolute atomic E-state index is 12.5. The maximum Gasteiger partial charge on any atom is 0.339 e. The van der Waals surface area contributed by atoms with Crippen molar-refractivity contribution in [2.75, 3.05) is 13.2 Å². The summed E-state index contributed by atoms with van der Waals surface area (Å²) in [4.78, 5) is 24.9. The van der Waals surface area contributed by atoms with Crippen molar-refractivity contribution in [2.24, 2.45) is 0 Å². The van der Waals surface area contributed by atoms with Crippen LogP contribution in [0.15, 0.2) is 24.3 Å². The molecule has 0 radical (unpaired) electrons. The summed E-state index contributed by atoms with van der Waals surface area (Å²) >= 11 is 0. The number of carbonyl (C=O) groups is 2. The van der Waals surface area contributed by atoms with Crippen LogP contribution in [0.1, 0.15) is 124 Å². The highest BCUT2D eigenvalue weighted by molar-refractivity contribution is 7.86. The molecule has 0 spiro atoms. The number of hydrogen-bond donors (Lipinski definition) is 1. The average Bonchev–Trinajstić information content (AvgIpc) is 2.83. The topological polar surface area (TPSA) is 107 Å². The van der Waals surface area contributed by atoms with Crippen LogP contribution in [-0.2, 0) is 19.6 Å². The Bertz CT molecular complexity index is 836. The van der Waals surface area contributed by atoms with E-state index in [1.165, 1.54) is 76.3 Å². The fourth-order valence-electron chi connectivity index (χ4n) is 3.86. The molecule has 35 heavy (non-hydrogen) atoms. The zero-order chi connectivity index (χ0) is 25.9. The van der Waals surface area contributed by atoms with Gasteiger partial charge in [0.1, 0.15) is 11.9 Å². The minimum atomic E-state index is -4.32. The SMILES string of the molecule is CCCCCCCCCCCCCCCOC(=O)c1ccccc1C(=O)OCC(CC)S(=O)(=O)O. The molecule has 0 aliphatic carbocycles. The van der Waals surface area contributed by atoms with E-state index in [1.54, 1.807) is 19.1 Å². The van der Waals surface area contributed by atoms with Crippen molar-refractivity contribution in [3.63, 3.8) is 0 Å². The van der Waals surface area contributed by atoms with E-state index in [1.807, 2.05) is 0 Å². The lowest BCUT2D eigenvalue weighted by Gasteiger charge is -2.13. The molecule has 0 saturated carbocycles. The molecule has 0 aliphatic rings. The minimum absolute atomic E-state index is 0.00746. The first-order valence-electron chi connectivity index (χ1n) is 13.2. The third kappa shape index (κ3) is 13.7. The molecule has 7 nitrogen and oxygen atoms in total. The van der Waals surface area contributed by atoms with Gasteiger partial charge in [0.2, 0.25) is 0 Å². The molecule has 0 amide bonds. The van der Waals surface area contributed by atoms with E-state index in [4.69, 9.17) is 14.0 Å². The van der Waals surface area contributed by atoms with Crippen molar-refractivity contribution in [3.8, 4) is 0 Å². The lowest BCUT2D eigenvalue weighted by molar-refractivity contribution is 0.0452. The quantitative estimate of drug-likeness (QED) is 0.117. The lowest BCUT2D eigenvalue weighted by Crippen LogP contribution is -2.27. The summed E-state index contributed by atoms with van der Waals surface area (Å²) in [5.41, 5.74) is 0.0835. The summed E-state index contributed by atoms with van der Waals surface area (Å²) < 4.78 is 42.1. The minimum Gasteiger partial charge on any atom is -0.462 e. The van der Waals surface area contributed by atoms with Crippen molar-refractivity contribution < 1.29 is 32.0 Å². The normalized spacial score (nSPS) is 12.3. The van der Waals surface area contributed by atoms with Gasteiger partial charge in [-0.25, -0.2) is 9.59 Å². The van der Waals surface area contributed by atoms with Crippen molar-refractivity contribution in [1.29, 1.82) is 0 Å². The number of carbonyl (C=O) groups excluding carboxylic acids is 2. The molecular weight excluding hydrogens is 468 g/mol. The summed E-state index contributed by atoms with van der Waals surface area (Å²) in [6.07, 6.45) is 16.1. The van der Waals surface area contributed by atoms with Gasteiger partial charge in [-0.2, -0.15) is 8.42 Å². The van der Waals surface area contributed by atoms with Crippen LogP contribution in [0.5, 0.6) is 0 Å². The Hall–Kier alpha value is -1.93. The second-order valence-corrected chi connectivity index (χ2v) is 10.8. The largest absolute Gasteiger partial charge is 0.462 e. The molecule has 1 N–H and O–H groups in total. The zero-order valence-electron chi connectivity index (χ0n) is 21.5. The molecule has 1 rings (SSSR count). The van der Waals surface area contributed by atoms with Gasteiger partial charge in [0.15, 0.2) is 0 Å². The molecular formula is C27H44O7S. The third-order valence-electron chi connectivity index (χ3n) is 6.12. The van der Waals surface area contributed by atoms with Crippen LogP contribution in [0.2, 0.25) is 0 Å². The summed E-state index contributed by atoms with van der Waals surface area (Å²) in [5, 5.41) is -1.21. The van der Waals surface area contributed by atoms with E-state index in [0.29, 0.717) is 0 Å². The standard InChI is InChI=1S/C27H44O7S/c1-3-5-6-7-8-9-10-11-12-13-14-15-18-21-33-26(28)24-19-16-17-20-25(24)27(29)34-22-23(4-2)35(30,31)32/h16-17,19-20,23H,3-15,18,21-22H2,1-2H3,(H,30,31,32). The summed E-state index contributed by atoms with van der Waals surface area (Å²) in [6.45, 7) is 3.59. The third-order valence-corrected chi connectivity index (χ3v) is 7.44. The Morgan fingerprint density at radius 2 is 1.17 bits per heavy atom. The Balaban J connectivity index is 2.26. The van der Waals surface area contributed by atoms with Crippen molar-refractivity contribution >= 4 is 22.1 Å². The zero-order valence-corrected chi connectivity index (χ0v) is 22.3. The number of benzene rings is 1. The Morgan fingerprint density at radius 3 is 1.60 bits per heavy atom. The molecule has 8 heteroatoms. The highest BCUT2D eigenvalue weighted by Crippen LogP contribution is 2.15. The Labute approximate surface area is 211 Å². The van der Waals surface area contributed by atoms with Gasteiger partial charge in [-0.05, 0) is 25.0 Å². The van der Waals surface area contributed by atoms with Gasteiger partial charge in [0.25, 0.3) is 10.1 Å². The molecule has 1 unspecified atom stereocenters. The van der Waals surface area contributed by atoms with E-state index >= 15 is 0 Å². The van der Waals surface area contributed by atoms with Crippen LogP contribution in [0.3, 0.4) is 0 Å². The molecule has 0 saturated heterocycles. The smallest absolute Gasteiger partial charge is 0.339 e. The fourth-order valence-corrected chi connectivity index (χ4v) is 4.52. The van der Waals surface area contributed by atoms with Crippen LogP contribution >= 0.6 is 0 Å². The summed E-state index contributed by atoms with van der Waals surface area (Å²) in [5.74, 6) is -1.45. The Kier molecular flexibility index (Phi) is 16.3. The number of unbranched alkanes of at least 4 members (excludes halogenated alkanes) is 12. The van der Waals surface area contributed by atoms with Crippen LogP contribution in [0.4, 0.5) is 0 Å². The summed E-state index contributed by atoms with van der Waals surface area (Å²) in [7, 11) is -4.32. The van der Waals surface area contributed by atoms with Gasteiger partial charge in [0.05, 0.1) is 17.7 Å². The monoisotopic (exact) mass is 512 g/mol. The maximum atomic E-state index is 12.5. The molecule has 0 aliphatic heterocycles. The predicted octanol–water partition coefficient (Wildman–Crippen LogP) is 6.76. The average molecular weight is 513 g/mol. The molecule has 0 aromatic heterocycles. The molecule has 1 aromatic carbocycles. The van der Waals surface area contributed by atoms with Gasteiger partial charge in [-0.3, -0.25) is 4.55 Å². The van der Waals surface area contributed by atoms with Crippen molar-refractivity contribution in [1.82, 2.24) is 0 Å². The lowest BCUT2D eigenvalue weighted by atomic mass is 10.0. The number of esters is 2. The molecule has 200 valence electrons. The van der Waals surface area contributed by atoms with E-state index in [9.17, 15) is 18.0 Å². The first-order valence-corrected chi connectivity index (χ1v) is 14.7. The molecule has 0 heterocycles. The van der Waals surface area contributed by atoms with Gasteiger partial charge in [0, 0.05) is 0 Å². The molecule has 0 fully saturated rings. The van der Waals surface area contributed by atoms with E-state index in [-0.39, 0.29) is 24.2 Å². The van der Waals surface area contributed by atoms with Crippen LogP contribution in [0.25, 0.3) is 0 Å². The van der Waals surface area contributed by atoms with Crippen LogP contribution in [-0.4, -0.2) is 43.4 Å². The number of rotatable bonds is 20. The predicted molar refractivity (Wildman–Crippen MR) is 138 cm³/mol. The van der Waals surface area contributed by atoms with Gasteiger partial charge in [-0.1, -0.05) is 103 Å². The van der Waals surface area contributed by atoms with E-state index < -0.39 is 33.9 Å². The fraction of sp³-hybridized carbons (Fsp3) is 0.704. The molecule has 1 aromatic rings.